The van der Waals surface area contributed by atoms with Crippen LogP contribution in [-0.2, 0) is 4.79 Å². The van der Waals surface area contributed by atoms with E-state index in [0.29, 0.717) is 22.4 Å². The Bertz CT molecular complexity index is 674. The number of nitrogens with zero attached hydrogens (tertiary/aromatic N) is 1. The van der Waals surface area contributed by atoms with E-state index in [1.807, 2.05) is 4.90 Å². The van der Waals surface area contributed by atoms with Crippen molar-refractivity contribution in [3.05, 3.63) is 23.2 Å². The van der Waals surface area contributed by atoms with Crippen LogP contribution in [0.4, 0.5) is 10.5 Å². The molecule has 0 aromatic heterocycles. The van der Waals surface area contributed by atoms with E-state index in [4.69, 9.17) is 21.4 Å². The number of urea groups is 1. The number of carboxylic acid groups (broad SMARTS) is 1. The van der Waals surface area contributed by atoms with Gasteiger partial charge in [-0.25, -0.2) is 4.79 Å². The van der Waals surface area contributed by atoms with Crippen molar-refractivity contribution in [2.75, 3.05) is 25.5 Å². The Morgan fingerprint density at radius 1 is 1.35 bits per heavy atom. The van der Waals surface area contributed by atoms with Crippen molar-refractivity contribution in [3.8, 4) is 5.75 Å². The average molecular weight is 382 g/mol. The molecule has 1 aromatic rings. The van der Waals surface area contributed by atoms with Crippen LogP contribution in [0, 0.1) is 5.92 Å². The number of halogens is 1. The van der Waals surface area contributed by atoms with Crippen LogP contribution in [0.3, 0.4) is 0 Å². The van der Waals surface area contributed by atoms with Crippen LogP contribution in [0.1, 0.15) is 25.7 Å². The summed E-state index contributed by atoms with van der Waals surface area (Å²) >= 11 is 6.05. The molecule has 0 spiro atoms. The summed E-state index contributed by atoms with van der Waals surface area (Å²) in [5.41, 5.74) is 0.509. The van der Waals surface area contributed by atoms with E-state index in [-0.39, 0.29) is 24.7 Å². The van der Waals surface area contributed by atoms with Gasteiger partial charge in [-0.15, -0.1) is 0 Å². The fraction of sp³-hybridized carbons (Fsp3) is 0.556. The van der Waals surface area contributed by atoms with Crippen molar-refractivity contribution in [2.45, 2.75) is 37.8 Å². The third-order valence-corrected chi connectivity index (χ3v) is 5.21. The highest BCUT2D eigenvalue weighted by Gasteiger charge is 2.37. The van der Waals surface area contributed by atoms with Gasteiger partial charge in [0.25, 0.3) is 0 Å². The van der Waals surface area contributed by atoms with Crippen molar-refractivity contribution in [3.63, 3.8) is 0 Å². The van der Waals surface area contributed by atoms with Gasteiger partial charge in [0.05, 0.1) is 24.4 Å². The second kappa shape index (κ2) is 8.14. The number of carboxylic acids is 1. The van der Waals surface area contributed by atoms with Gasteiger partial charge in [0.15, 0.2) is 5.75 Å². The standard InChI is InChI=1S/C18H24ClN3O4/c1-26-17-14(19)3-2-4-15(17)21-18(25)20-12-7-13(8-12)22(10-16(23)24)9-11-5-6-11/h2-4,11-13H,5-10H2,1H3,(H,23,24)(H2,20,21,25). The summed E-state index contributed by atoms with van der Waals surface area (Å²) in [7, 11) is 1.50. The Hall–Kier alpha value is -1.99. The predicted molar refractivity (Wildman–Crippen MR) is 98.9 cm³/mol. The first-order chi connectivity index (χ1) is 12.5. The van der Waals surface area contributed by atoms with E-state index in [1.54, 1.807) is 18.2 Å². The lowest BCUT2D eigenvalue weighted by molar-refractivity contribution is -0.139. The molecule has 0 radical (unpaired) electrons. The highest BCUT2D eigenvalue weighted by atomic mass is 35.5. The monoisotopic (exact) mass is 381 g/mol. The smallest absolute Gasteiger partial charge is 0.319 e. The third-order valence-electron chi connectivity index (χ3n) is 4.91. The molecule has 142 valence electrons. The number of carbonyl (C=O) groups excluding carboxylic acids is 1. The van der Waals surface area contributed by atoms with Crippen LogP contribution in [0.25, 0.3) is 0 Å². The van der Waals surface area contributed by atoms with Gasteiger partial charge in [0.2, 0.25) is 0 Å². The van der Waals surface area contributed by atoms with Crippen molar-refractivity contribution in [2.24, 2.45) is 5.92 Å². The number of methoxy groups -OCH3 is 1. The highest BCUT2D eigenvalue weighted by molar-refractivity contribution is 6.32. The molecule has 2 fully saturated rings. The predicted octanol–water partition coefficient (Wildman–Crippen LogP) is 2.80. The normalized spacial score (nSPS) is 21.8. The van der Waals surface area contributed by atoms with E-state index in [2.05, 4.69) is 10.6 Å². The maximum Gasteiger partial charge on any atom is 0.319 e. The number of rotatable bonds is 8. The van der Waals surface area contributed by atoms with Gasteiger partial charge in [-0.3, -0.25) is 9.69 Å². The first kappa shape index (κ1) is 18.8. The summed E-state index contributed by atoms with van der Waals surface area (Å²) < 4.78 is 5.21. The number of para-hydroxylation sites is 1. The molecule has 2 aliphatic carbocycles. The van der Waals surface area contributed by atoms with Crippen LogP contribution in [-0.4, -0.2) is 54.3 Å². The number of benzene rings is 1. The third kappa shape index (κ3) is 4.80. The van der Waals surface area contributed by atoms with Crippen LogP contribution >= 0.6 is 11.6 Å². The molecule has 7 nitrogen and oxygen atoms in total. The SMILES string of the molecule is COc1c(Cl)cccc1NC(=O)NC1CC(N(CC(=O)O)CC2CC2)C1. The van der Waals surface area contributed by atoms with Crippen LogP contribution in [0.15, 0.2) is 18.2 Å². The Balaban J connectivity index is 1.48. The fourth-order valence-electron chi connectivity index (χ4n) is 3.31. The van der Waals surface area contributed by atoms with Gasteiger partial charge in [-0.2, -0.15) is 0 Å². The summed E-state index contributed by atoms with van der Waals surface area (Å²) in [4.78, 5) is 25.3. The molecule has 2 amide bonds. The number of ether oxygens (including phenoxy) is 1. The van der Waals surface area contributed by atoms with E-state index in [9.17, 15) is 9.59 Å². The minimum atomic E-state index is -0.798. The number of amides is 2. The second-order valence-corrected chi connectivity index (χ2v) is 7.42. The number of nitrogens with one attached hydrogen (secondary N) is 2. The molecule has 1 aromatic carbocycles. The minimum absolute atomic E-state index is 0.0423. The molecule has 8 heteroatoms. The molecule has 0 unspecified atom stereocenters. The van der Waals surface area contributed by atoms with Gasteiger partial charge in [0, 0.05) is 18.6 Å². The summed E-state index contributed by atoms with van der Waals surface area (Å²) in [6, 6.07) is 5.09. The van der Waals surface area contributed by atoms with Crippen LogP contribution in [0.2, 0.25) is 5.02 Å². The van der Waals surface area contributed by atoms with Crippen LogP contribution < -0.4 is 15.4 Å². The van der Waals surface area contributed by atoms with Crippen molar-refractivity contribution in [1.82, 2.24) is 10.2 Å². The Morgan fingerprint density at radius 3 is 2.69 bits per heavy atom. The maximum absolute atomic E-state index is 12.2. The van der Waals surface area contributed by atoms with Crippen molar-refractivity contribution in [1.29, 1.82) is 0 Å². The highest BCUT2D eigenvalue weighted by Crippen LogP contribution is 2.34. The maximum atomic E-state index is 12.2. The lowest BCUT2D eigenvalue weighted by atomic mass is 9.85. The minimum Gasteiger partial charge on any atom is -0.493 e. The molecule has 2 saturated carbocycles. The van der Waals surface area contributed by atoms with Gasteiger partial charge in [0.1, 0.15) is 0 Å². The number of hydrogen-bond acceptors (Lipinski definition) is 4. The molecule has 2 aliphatic rings. The molecule has 26 heavy (non-hydrogen) atoms. The lowest BCUT2D eigenvalue weighted by Crippen LogP contribution is -2.55. The topological polar surface area (TPSA) is 90.9 Å². The molecular weight excluding hydrogens is 358 g/mol. The summed E-state index contributed by atoms with van der Waals surface area (Å²) in [5, 5.41) is 15.2. The van der Waals surface area contributed by atoms with Crippen molar-refractivity contribution < 1.29 is 19.4 Å². The number of anilines is 1. The van der Waals surface area contributed by atoms with Gasteiger partial charge in [-0.1, -0.05) is 17.7 Å². The molecular formula is C18H24ClN3O4. The van der Waals surface area contributed by atoms with E-state index >= 15 is 0 Å². The largest absolute Gasteiger partial charge is 0.493 e. The fourth-order valence-corrected chi connectivity index (χ4v) is 3.56. The molecule has 3 N–H and O–H groups in total. The molecule has 0 heterocycles. The number of aliphatic carboxylic acids is 1. The zero-order valence-electron chi connectivity index (χ0n) is 14.7. The second-order valence-electron chi connectivity index (χ2n) is 7.01. The van der Waals surface area contributed by atoms with E-state index in [0.717, 1.165) is 19.4 Å². The van der Waals surface area contributed by atoms with Gasteiger partial charge in [-0.05, 0) is 43.7 Å². The zero-order valence-corrected chi connectivity index (χ0v) is 15.5. The number of carbonyl (C=O) groups is 2. The lowest BCUT2D eigenvalue weighted by Gasteiger charge is -2.42. The van der Waals surface area contributed by atoms with E-state index in [1.165, 1.54) is 20.0 Å². The zero-order chi connectivity index (χ0) is 18.7. The van der Waals surface area contributed by atoms with E-state index < -0.39 is 5.97 Å². The summed E-state index contributed by atoms with van der Waals surface area (Å²) in [5.74, 6) is 0.265. The Labute approximate surface area is 157 Å². The molecule has 0 atom stereocenters. The van der Waals surface area contributed by atoms with Crippen molar-refractivity contribution >= 4 is 29.3 Å². The van der Waals surface area contributed by atoms with Gasteiger partial charge < -0.3 is 20.5 Å². The summed E-state index contributed by atoms with van der Waals surface area (Å²) in [6.45, 7) is 0.912. The average Bonchev–Trinajstić information content (AvgIpc) is 3.33. The first-order valence-electron chi connectivity index (χ1n) is 8.82. The Kier molecular flexibility index (Phi) is 5.88. The molecule has 0 aliphatic heterocycles. The molecule has 0 saturated heterocycles. The molecule has 3 rings (SSSR count). The van der Waals surface area contributed by atoms with Gasteiger partial charge >= 0.3 is 12.0 Å². The molecule has 0 bridgehead atoms. The Morgan fingerprint density at radius 2 is 2.08 bits per heavy atom. The number of hydrogen-bond donors (Lipinski definition) is 3. The first-order valence-corrected chi connectivity index (χ1v) is 9.20. The quantitative estimate of drug-likeness (QED) is 0.644. The van der Waals surface area contributed by atoms with Crippen LogP contribution in [0.5, 0.6) is 5.75 Å². The summed E-state index contributed by atoms with van der Waals surface area (Å²) in [6.07, 6.45) is 3.91.